The number of nitrogens with two attached hydrogens (primary N) is 1. The molecule has 0 aliphatic carbocycles. The number of benzene rings is 2. The molecule has 0 bridgehead atoms. The molecule has 3 rings (SSSR count). The first kappa shape index (κ1) is 19.6. The van der Waals surface area contributed by atoms with Crippen LogP contribution >= 0.6 is 0 Å². The van der Waals surface area contributed by atoms with Crippen LogP contribution in [-0.2, 0) is 15.9 Å². The van der Waals surface area contributed by atoms with Crippen LogP contribution in [0, 0.1) is 11.3 Å². The molecule has 1 aliphatic rings. The number of hydrogen-bond donors (Lipinski definition) is 2. The highest BCUT2D eigenvalue weighted by Crippen LogP contribution is 2.44. The zero-order chi connectivity index (χ0) is 20.7. The lowest BCUT2D eigenvalue weighted by atomic mass is 9.74. The number of aliphatic imine (C=N–C) groups is 1. The van der Waals surface area contributed by atoms with E-state index in [1.54, 1.807) is 39.1 Å². The third-order valence-corrected chi connectivity index (χ3v) is 5.36. The van der Waals surface area contributed by atoms with Crippen molar-refractivity contribution in [2.45, 2.75) is 37.8 Å². The van der Waals surface area contributed by atoms with Gasteiger partial charge in [0.25, 0.3) is 0 Å². The first-order valence-electron chi connectivity index (χ1n) is 9.04. The van der Waals surface area contributed by atoms with Gasteiger partial charge in [0.05, 0.1) is 23.2 Å². The van der Waals surface area contributed by atoms with Gasteiger partial charge in [-0.05, 0) is 49.6 Å². The van der Waals surface area contributed by atoms with Crippen LogP contribution in [0.15, 0.2) is 53.5 Å². The predicted molar refractivity (Wildman–Crippen MR) is 107 cm³/mol. The monoisotopic (exact) mass is 376 g/mol. The quantitative estimate of drug-likeness (QED) is 0.859. The van der Waals surface area contributed by atoms with E-state index in [-0.39, 0.29) is 11.9 Å². The number of hydrogen-bond acceptors (Lipinski definition) is 5. The number of amides is 1. The highest BCUT2D eigenvalue weighted by Gasteiger charge is 2.47. The molecule has 0 fully saturated rings. The zero-order valence-corrected chi connectivity index (χ0v) is 16.5. The molecule has 0 spiro atoms. The molecular formula is C22H24N4O2. The molecule has 1 amide bonds. The van der Waals surface area contributed by atoms with Gasteiger partial charge in [0, 0.05) is 7.05 Å². The van der Waals surface area contributed by atoms with Crippen molar-refractivity contribution in [2.75, 3.05) is 7.05 Å². The molecule has 0 saturated heterocycles. The molecule has 1 heterocycles. The Bertz CT molecular complexity index is 983. The van der Waals surface area contributed by atoms with E-state index in [1.165, 1.54) is 4.90 Å². The summed E-state index contributed by atoms with van der Waals surface area (Å²) in [4.78, 5) is 19.2. The van der Waals surface area contributed by atoms with Crippen LogP contribution in [0.1, 0.15) is 48.9 Å². The molecule has 0 aromatic heterocycles. The molecule has 2 aromatic rings. The van der Waals surface area contributed by atoms with Crippen molar-refractivity contribution in [3.05, 3.63) is 70.8 Å². The lowest BCUT2D eigenvalue weighted by Gasteiger charge is -2.41. The predicted octanol–water partition coefficient (Wildman–Crippen LogP) is 2.57. The molecule has 3 N–H and O–H groups in total. The normalized spacial score (nSPS) is 22.6. The van der Waals surface area contributed by atoms with Crippen molar-refractivity contribution >= 4 is 11.9 Å². The number of aliphatic hydroxyl groups is 1. The second kappa shape index (κ2) is 6.77. The SMILES string of the molecule is CN1C(=O)C(c2ccc(C(C)(C)O)cc2)C(C)(c2cccc(C#N)c2)N=C1N. The molecular weight excluding hydrogens is 352 g/mol. The van der Waals surface area contributed by atoms with E-state index < -0.39 is 17.1 Å². The van der Waals surface area contributed by atoms with Crippen LogP contribution in [0.5, 0.6) is 0 Å². The summed E-state index contributed by atoms with van der Waals surface area (Å²) in [6.45, 7) is 5.28. The number of nitriles is 1. The van der Waals surface area contributed by atoms with E-state index in [0.29, 0.717) is 5.56 Å². The van der Waals surface area contributed by atoms with Gasteiger partial charge in [0.1, 0.15) is 5.54 Å². The minimum Gasteiger partial charge on any atom is -0.386 e. The molecule has 144 valence electrons. The minimum atomic E-state index is -0.973. The van der Waals surface area contributed by atoms with E-state index in [1.807, 2.05) is 37.3 Å². The number of guanidine groups is 1. The van der Waals surface area contributed by atoms with Gasteiger partial charge in [-0.3, -0.25) is 9.69 Å². The topological polar surface area (TPSA) is 103 Å². The summed E-state index contributed by atoms with van der Waals surface area (Å²) in [6, 6.07) is 16.5. The fourth-order valence-electron chi connectivity index (χ4n) is 3.61. The van der Waals surface area contributed by atoms with Crippen molar-refractivity contribution in [1.29, 1.82) is 5.26 Å². The highest BCUT2D eigenvalue weighted by molar-refractivity contribution is 6.02. The van der Waals surface area contributed by atoms with E-state index in [2.05, 4.69) is 11.1 Å². The summed E-state index contributed by atoms with van der Waals surface area (Å²) in [5, 5.41) is 19.5. The maximum Gasteiger partial charge on any atom is 0.239 e. The van der Waals surface area contributed by atoms with E-state index in [4.69, 9.17) is 5.73 Å². The number of nitrogens with zero attached hydrogens (tertiary/aromatic N) is 3. The molecule has 0 radical (unpaired) electrons. The van der Waals surface area contributed by atoms with Crippen molar-refractivity contribution in [3.8, 4) is 6.07 Å². The Morgan fingerprint density at radius 2 is 1.89 bits per heavy atom. The van der Waals surface area contributed by atoms with Gasteiger partial charge in [-0.15, -0.1) is 0 Å². The standard InChI is InChI=1S/C22H24N4O2/c1-21(2,28)16-10-8-15(9-11-16)18-19(27)26(4)20(24)25-22(18,3)17-7-5-6-14(12-17)13-23/h5-12,18,28H,1-4H3,(H2,24,25). The van der Waals surface area contributed by atoms with Gasteiger partial charge in [0.2, 0.25) is 5.91 Å². The fraction of sp³-hybridized carbons (Fsp3) is 0.318. The van der Waals surface area contributed by atoms with Crippen LogP contribution in [0.2, 0.25) is 0 Å². The first-order chi connectivity index (χ1) is 13.1. The Hall–Kier alpha value is -3.17. The summed E-state index contributed by atoms with van der Waals surface area (Å²) >= 11 is 0. The van der Waals surface area contributed by atoms with Gasteiger partial charge in [-0.25, -0.2) is 4.99 Å². The summed E-state index contributed by atoms with van der Waals surface area (Å²) in [5.41, 5.74) is 6.86. The van der Waals surface area contributed by atoms with Crippen LogP contribution in [0.4, 0.5) is 0 Å². The lowest BCUT2D eigenvalue weighted by molar-refractivity contribution is -0.130. The number of rotatable bonds is 3. The first-order valence-corrected chi connectivity index (χ1v) is 9.04. The Balaban J connectivity index is 2.18. The molecule has 0 saturated carbocycles. The van der Waals surface area contributed by atoms with Crippen LogP contribution < -0.4 is 5.73 Å². The summed E-state index contributed by atoms with van der Waals surface area (Å²) < 4.78 is 0. The van der Waals surface area contributed by atoms with Gasteiger partial charge in [0.15, 0.2) is 5.96 Å². The maximum absolute atomic E-state index is 13.2. The maximum atomic E-state index is 13.2. The van der Waals surface area contributed by atoms with Crippen molar-refractivity contribution in [2.24, 2.45) is 10.7 Å². The molecule has 2 atom stereocenters. The second-order valence-corrected chi connectivity index (χ2v) is 7.82. The van der Waals surface area contributed by atoms with Crippen molar-refractivity contribution in [3.63, 3.8) is 0 Å². The van der Waals surface area contributed by atoms with Gasteiger partial charge in [-0.1, -0.05) is 36.4 Å². The number of carbonyl (C=O) groups excluding carboxylic acids is 1. The van der Waals surface area contributed by atoms with E-state index in [9.17, 15) is 15.2 Å². The molecule has 2 aromatic carbocycles. The molecule has 28 heavy (non-hydrogen) atoms. The van der Waals surface area contributed by atoms with Crippen molar-refractivity contribution < 1.29 is 9.90 Å². The average Bonchev–Trinajstić information content (AvgIpc) is 2.66. The average molecular weight is 376 g/mol. The van der Waals surface area contributed by atoms with Gasteiger partial charge in [-0.2, -0.15) is 5.26 Å². The van der Waals surface area contributed by atoms with Crippen LogP contribution in [0.3, 0.4) is 0 Å². The molecule has 6 heteroatoms. The fourth-order valence-corrected chi connectivity index (χ4v) is 3.61. The van der Waals surface area contributed by atoms with Crippen LogP contribution in [0.25, 0.3) is 0 Å². The third kappa shape index (κ3) is 3.25. The molecule has 2 unspecified atom stereocenters. The highest BCUT2D eigenvalue weighted by atomic mass is 16.3. The Morgan fingerprint density at radius 1 is 1.25 bits per heavy atom. The van der Waals surface area contributed by atoms with Crippen molar-refractivity contribution in [1.82, 2.24) is 4.90 Å². The lowest BCUT2D eigenvalue weighted by Crippen LogP contribution is -2.52. The largest absolute Gasteiger partial charge is 0.386 e. The third-order valence-electron chi connectivity index (χ3n) is 5.36. The molecule has 6 nitrogen and oxygen atoms in total. The van der Waals surface area contributed by atoms with E-state index in [0.717, 1.165) is 16.7 Å². The second-order valence-electron chi connectivity index (χ2n) is 7.82. The number of carbonyl (C=O) groups is 1. The van der Waals surface area contributed by atoms with Gasteiger partial charge >= 0.3 is 0 Å². The summed E-state index contributed by atoms with van der Waals surface area (Å²) in [7, 11) is 1.60. The molecule has 1 aliphatic heterocycles. The summed E-state index contributed by atoms with van der Waals surface area (Å²) in [6.07, 6.45) is 0. The number of likely N-dealkylation sites (N-methyl/N-ethyl adjacent to an activating group) is 1. The smallest absolute Gasteiger partial charge is 0.239 e. The Morgan fingerprint density at radius 3 is 2.46 bits per heavy atom. The van der Waals surface area contributed by atoms with Crippen LogP contribution in [-0.4, -0.2) is 28.9 Å². The van der Waals surface area contributed by atoms with E-state index >= 15 is 0 Å². The Kier molecular flexibility index (Phi) is 4.74. The minimum absolute atomic E-state index is 0.138. The van der Waals surface area contributed by atoms with Gasteiger partial charge < -0.3 is 10.8 Å². The summed E-state index contributed by atoms with van der Waals surface area (Å²) in [5.74, 6) is -0.651. The zero-order valence-electron chi connectivity index (χ0n) is 16.5. The Labute approximate surface area is 164 Å².